The third-order valence-corrected chi connectivity index (χ3v) is 3.28. The molecule has 0 bridgehead atoms. The molecule has 2 aromatic rings. The van der Waals surface area contributed by atoms with Gasteiger partial charge in [-0.3, -0.25) is 9.59 Å². The Kier molecular flexibility index (Phi) is 5.89. The van der Waals surface area contributed by atoms with E-state index in [4.69, 9.17) is 4.74 Å². The van der Waals surface area contributed by atoms with Crippen LogP contribution in [0.25, 0.3) is 0 Å². The van der Waals surface area contributed by atoms with E-state index in [9.17, 15) is 14.7 Å². The molecule has 1 atom stereocenters. The maximum absolute atomic E-state index is 12.2. The lowest BCUT2D eigenvalue weighted by molar-refractivity contribution is -0.138. The third kappa shape index (κ3) is 4.81. The summed E-state index contributed by atoms with van der Waals surface area (Å²) in [4.78, 5) is 27.8. The first-order chi connectivity index (χ1) is 11.5. The number of rotatable bonds is 7. The van der Waals surface area contributed by atoms with Gasteiger partial charge in [0.2, 0.25) is 5.88 Å². The van der Waals surface area contributed by atoms with Gasteiger partial charge in [0.15, 0.2) is 0 Å². The Labute approximate surface area is 140 Å². The number of aromatic nitrogens is 1. The van der Waals surface area contributed by atoms with Crippen LogP contribution in [0, 0.1) is 0 Å². The van der Waals surface area contributed by atoms with E-state index >= 15 is 0 Å². The summed E-state index contributed by atoms with van der Waals surface area (Å²) in [6.45, 7) is 3.71. The summed E-state index contributed by atoms with van der Waals surface area (Å²) < 4.78 is 5.45. The minimum absolute atomic E-state index is 0.0187. The number of carbonyl (C=O) groups is 2. The lowest BCUT2D eigenvalue weighted by atomic mass is 9.99. The molecule has 6 nitrogen and oxygen atoms in total. The van der Waals surface area contributed by atoms with Gasteiger partial charge in [-0.05, 0) is 25.5 Å². The van der Waals surface area contributed by atoms with Gasteiger partial charge in [0.25, 0.3) is 5.91 Å². The van der Waals surface area contributed by atoms with Gasteiger partial charge >= 0.3 is 5.97 Å². The van der Waals surface area contributed by atoms with Gasteiger partial charge in [-0.15, -0.1) is 0 Å². The van der Waals surface area contributed by atoms with Gasteiger partial charge in [-0.2, -0.15) is 0 Å². The number of carboxylic acid groups (broad SMARTS) is 1. The van der Waals surface area contributed by atoms with E-state index in [-0.39, 0.29) is 18.3 Å². The number of carboxylic acids is 1. The second kappa shape index (κ2) is 8.10. The second-order valence-electron chi connectivity index (χ2n) is 5.54. The number of ether oxygens (including phenoxy) is 1. The van der Waals surface area contributed by atoms with E-state index in [0.29, 0.717) is 11.4 Å². The van der Waals surface area contributed by atoms with Crippen LogP contribution in [0.15, 0.2) is 48.5 Å². The summed E-state index contributed by atoms with van der Waals surface area (Å²) in [5, 5.41) is 12.0. The molecule has 0 fully saturated rings. The Morgan fingerprint density at radius 2 is 1.83 bits per heavy atom. The molecule has 0 radical (unpaired) electrons. The first-order valence-corrected chi connectivity index (χ1v) is 7.67. The van der Waals surface area contributed by atoms with Crippen molar-refractivity contribution in [1.82, 2.24) is 10.3 Å². The van der Waals surface area contributed by atoms with Crippen molar-refractivity contribution in [2.45, 2.75) is 25.9 Å². The van der Waals surface area contributed by atoms with Crippen molar-refractivity contribution in [2.75, 3.05) is 6.54 Å². The largest absolute Gasteiger partial charge is 0.481 e. The molecule has 0 saturated carbocycles. The number of nitrogens with one attached hydrogen (secondary N) is 1. The third-order valence-electron chi connectivity index (χ3n) is 3.28. The molecular weight excluding hydrogens is 308 g/mol. The fraction of sp³-hybridized carbons (Fsp3) is 0.278. The predicted octanol–water partition coefficient (Wildman–Crippen LogP) is 2.47. The highest BCUT2D eigenvalue weighted by atomic mass is 16.5. The number of benzene rings is 1. The topological polar surface area (TPSA) is 88.5 Å². The van der Waals surface area contributed by atoms with Gasteiger partial charge in [0.1, 0.15) is 5.69 Å². The molecule has 1 amide bonds. The molecule has 0 spiro atoms. The standard InChI is InChI=1S/C18H20N2O4/c1-12(2)24-16-10-6-9-15(20-16)17(21)19-11-14(18(22)23)13-7-4-3-5-8-13/h3-10,12,14H,11H2,1-2H3,(H,19,21)(H,22,23). The fourth-order valence-electron chi connectivity index (χ4n) is 2.17. The average Bonchev–Trinajstić information content (AvgIpc) is 2.55. The van der Waals surface area contributed by atoms with E-state index in [1.54, 1.807) is 42.5 Å². The van der Waals surface area contributed by atoms with E-state index in [0.717, 1.165) is 0 Å². The zero-order valence-electron chi connectivity index (χ0n) is 13.6. The van der Waals surface area contributed by atoms with Crippen LogP contribution in [0.2, 0.25) is 0 Å². The molecule has 126 valence electrons. The lowest BCUT2D eigenvalue weighted by Crippen LogP contribution is -2.32. The maximum atomic E-state index is 12.2. The Bertz CT molecular complexity index is 701. The highest BCUT2D eigenvalue weighted by molar-refractivity contribution is 5.92. The Balaban J connectivity index is 2.05. The Morgan fingerprint density at radius 3 is 2.46 bits per heavy atom. The zero-order valence-corrected chi connectivity index (χ0v) is 13.6. The van der Waals surface area contributed by atoms with Crippen molar-refractivity contribution in [3.8, 4) is 5.88 Å². The number of hydrogen-bond donors (Lipinski definition) is 2. The maximum Gasteiger partial charge on any atom is 0.312 e. The molecule has 1 heterocycles. The number of hydrogen-bond acceptors (Lipinski definition) is 4. The molecule has 1 aromatic heterocycles. The monoisotopic (exact) mass is 328 g/mol. The first-order valence-electron chi connectivity index (χ1n) is 7.67. The van der Waals surface area contributed by atoms with Crippen molar-refractivity contribution >= 4 is 11.9 Å². The van der Waals surface area contributed by atoms with Gasteiger partial charge in [0, 0.05) is 12.6 Å². The zero-order chi connectivity index (χ0) is 17.5. The van der Waals surface area contributed by atoms with Gasteiger partial charge < -0.3 is 15.2 Å². The molecule has 1 aromatic carbocycles. The van der Waals surface area contributed by atoms with Crippen LogP contribution in [0.3, 0.4) is 0 Å². The summed E-state index contributed by atoms with van der Waals surface area (Å²) in [7, 11) is 0. The highest BCUT2D eigenvalue weighted by Crippen LogP contribution is 2.15. The molecule has 24 heavy (non-hydrogen) atoms. The summed E-state index contributed by atoms with van der Waals surface area (Å²) in [5.41, 5.74) is 0.820. The number of aliphatic carboxylic acids is 1. The van der Waals surface area contributed by atoms with Gasteiger partial charge in [0.05, 0.1) is 12.0 Å². The molecule has 0 aliphatic rings. The average molecular weight is 328 g/mol. The van der Waals surface area contributed by atoms with Crippen LogP contribution < -0.4 is 10.1 Å². The van der Waals surface area contributed by atoms with Crippen LogP contribution in [0.5, 0.6) is 5.88 Å². The Morgan fingerprint density at radius 1 is 1.12 bits per heavy atom. The van der Waals surface area contributed by atoms with Crippen LogP contribution in [-0.4, -0.2) is 34.6 Å². The normalized spacial score (nSPS) is 11.8. The molecule has 2 N–H and O–H groups in total. The van der Waals surface area contributed by atoms with E-state index < -0.39 is 17.8 Å². The highest BCUT2D eigenvalue weighted by Gasteiger charge is 2.21. The second-order valence-corrected chi connectivity index (χ2v) is 5.54. The summed E-state index contributed by atoms with van der Waals surface area (Å²) >= 11 is 0. The minimum Gasteiger partial charge on any atom is -0.481 e. The van der Waals surface area contributed by atoms with Gasteiger partial charge in [-0.25, -0.2) is 4.98 Å². The number of carbonyl (C=O) groups excluding carboxylic acids is 1. The molecule has 6 heteroatoms. The van der Waals surface area contributed by atoms with Crippen LogP contribution in [0.1, 0.15) is 35.8 Å². The summed E-state index contributed by atoms with van der Waals surface area (Å²) in [5.74, 6) is -1.89. The smallest absolute Gasteiger partial charge is 0.312 e. The summed E-state index contributed by atoms with van der Waals surface area (Å²) in [6.07, 6.45) is -0.0507. The molecule has 2 rings (SSSR count). The Hall–Kier alpha value is -2.89. The van der Waals surface area contributed by atoms with Crippen molar-refractivity contribution in [3.05, 3.63) is 59.8 Å². The molecule has 1 unspecified atom stereocenters. The SMILES string of the molecule is CC(C)Oc1cccc(C(=O)NCC(C(=O)O)c2ccccc2)n1. The molecule has 0 aliphatic heterocycles. The van der Waals surface area contributed by atoms with Crippen molar-refractivity contribution < 1.29 is 19.4 Å². The summed E-state index contributed by atoms with van der Waals surface area (Å²) in [6, 6.07) is 13.7. The molecule has 0 aliphatic carbocycles. The van der Waals surface area contributed by atoms with Crippen molar-refractivity contribution in [1.29, 1.82) is 0 Å². The van der Waals surface area contributed by atoms with Crippen LogP contribution in [0.4, 0.5) is 0 Å². The predicted molar refractivity (Wildman–Crippen MR) is 89.2 cm³/mol. The number of pyridine rings is 1. The quantitative estimate of drug-likeness (QED) is 0.815. The van der Waals surface area contributed by atoms with E-state index in [1.807, 2.05) is 19.9 Å². The van der Waals surface area contributed by atoms with Gasteiger partial charge in [-0.1, -0.05) is 36.4 Å². The van der Waals surface area contributed by atoms with Crippen LogP contribution >= 0.6 is 0 Å². The van der Waals surface area contributed by atoms with E-state index in [1.165, 1.54) is 0 Å². The molecular formula is C18H20N2O4. The van der Waals surface area contributed by atoms with Crippen LogP contribution in [-0.2, 0) is 4.79 Å². The van der Waals surface area contributed by atoms with E-state index in [2.05, 4.69) is 10.3 Å². The molecule has 0 saturated heterocycles. The van der Waals surface area contributed by atoms with Crippen molar-refractivity contribution in [3.63, 3.8) is 0 Å². The number of nitrogens with zero attached hydrogens (tertiary/aromatic N) is 1. The number of amides is 1. The lowest BCUT2D eigenvalue weighted by Gasteiger charge is -2.14. The van der Waals surface area contributed by atoms with Crippen molar-refractivity contribution in [2.24, 2.45) is 0 Å². The fourth-order valence-corrected chi connectivity index (χ4v) is 2.17. The minimum atomic E-state index is -0.994. The first kappa shape index (κ1) is 17.5.